The second-order valence-corrected chi connectivity index (χ2v) is 9.19. The Kier molecular flexibility index (Phi) is 5.67. The summed E-state index contributed by atoms with van der Waals surface area (Å²) in [6, 6.07) is 3.39. The van der Waals surface area contributed by atoms with Crippen LogP contribution in [0, 0.1) is 11.8 Å². The van der Waals surface area contributed by atoms with Crippen LogP contribution in [0.2, 0.25) is 0 Å². The highest BCUT2D eigenvalue weighted by molar-refractivity contribution is 6.15. The summed E-state index contributed by atoms with van der Waals surface area (Å²) in [5, 5.41) is 13.5. The average molecular weight is 451 g/mol. The van der Waals surface area contributed by atoms with Gasteiger partial charge in [-0.15, -0.1) is 0 Å². The first kappa shape index (κ1) is 21.7. The van der Waals surface area contributed by atoms with Crippen LogP contribution in [-0.4, -0.2) is 46.2 Å². The van der Waals surface area contributed by atoms with Crippen LogP contribution in [-0.2, 0) is 6.42 Å². The molecule has 0 spiro atoms. The van der Waals surface area contributed by atoms with Gasteiger partial charge in [0.05, 0.1) is 23.7 Å². The lowest BCUT2D eigenvalue weighted by Crippen LogP contribution is -2.57. The predicted molar refractivity (Wildman–Crippen MR) is 127 cm³/mol. The number of nitrogens with two attached hydrogens (primary N) is 2. The van der Waals surface area contributed by atoms with Gasteiger partial charge in [0.2, 0.25) is 5.88 Å². The fourth-order valence-electron chi connectivity index (χ4n) is 4.89. The number of amides is 1. The van der Waals surface area contributed by atoms with E-state index in [9.17, 15) is 9.90 Å². The van der Waals surface area contributed by atoms with Crippen molar-refractivity contribution in [3.8, 4) is 0 Å². The highest BCUT2D eigenvalue weighted by Crippen LogP contribution is 2.42. The van der Waals surface area contributed by atoms with Crippen LogP contribution in [0.3, 0.4) is 0 Å². The van der Waals surface area contributed by atoms with Gasteiger partial charge in [0.1, 0.15) is 11.1 Å². The van der Waals surface area contributed by atoms with Gasteiger partial charge < -0.3 is 31.2 Å². The van der Waals surface area contributed by atoms with Crippen LogP contribution in [0.4, 0.5) is 17.3 Å². The van der Waals surface area contributed by atoms with E-state index in [1.54, 1.807) is 18.6 Å². The number of aryl methyl sites for hydroxylation is 1. The Bertz CT molecular complexity index is 1170. The summed E-state index contributed by atoms with van der Waals surface area (Å²) in [5.41, 5.74) is 15.9. The number of rotatable bonds is 6. The summed E-state index contributed by atoms with van der Waals surface area (Å²) >= 11 is 0. The van der Waals surface area contributed by atoms with Gasteiger partial charge in [-0.25, -0.2) is 0 Å². The maximum atomic E-state index is 13.3. The lowest BCUT2D eigenvalue weighted by atomic mass is 9.87. The van der Waals surface area contributed by atoms with E-state index in [2.05, 4.69) is 27.1 Å². The quantitative estimate of drug-likeness (QED) is 0.449. The number of aliphatic hydroxyl groups excluding tert-OH is 1. The van der Waals surface area contributed by atoms with Gasteiger partial charge in [-0.1, -0.05) is 13.3 Å². The fraction of sp³-hybridized carbons (Fsp3) is 0.458. The first-order valence-corrected chi connectivity index (χ1v) is 11.6. The molecule has 6 N–H and O–H groups in total. The normalized spacial score (nSPS) is 23.1. The third-order valence-electron chi connectivity index (χ3n) is 6.73. The van der Waals surface area contributed by atoms with Gasteiger partial charge in [-0.05, 0) is 42.9 Å². The van der Waals surface area contributed by atoms with Crippen molar-refractivity contribution in [1.29, 1.82) is 0 Å². The molecule has 0 aromatic carbocycles. The molecule has 5 rings (SSSR count). The number of nitrogen functional groups attached to an aromatic ring is 1. The number of nitrogens with one attached hydrogen (secondary N) is 1. The molecule has 0 unspecified atom stereocenters. The molecule has 0 bridgehead atoms. The molecule has 2 aliphatic rings. The number of piperidine rings is 1. The topological polar surface area (TPSA) is 144 Å². The number of carbonyl (C=O) groups excluding carboxylic acids is 1. The second-order valence-electron chi connectivity index (χ2n) is 9.19. The third-order valence-corrected chi connectivity index (χ3v) is 6.73. The first-order valence-electron chi connectivity index (χ1n) is 11.6. The summed E-state index contributed by atoms with van der Waals surface area (Å²) in [5.74, 6) is 0.261. The van der Waals surface area contributed by atoms with Crippen LogP contribution >= 0.6 is 0 Å². The number of furan rings is 1. The Morgan fingerprint density at radius 2 is 2.15 bits per heavy atom. The maximum Gasteiger partial charge on any atom is 0.263 e. The van der Waals surface area contributed by atoms with E-state index in [1.165, 1.54) is 0 Å². The summed E-state index contributed by atoms with van der Waals surface area (Å²) in [6.07, 6.45) is 8.66. The van der Waals surface area contributed by atoms with Crippen molar-refractivity contribution < 1.29 is 14.3 Å². The molecule has 1 aliphatic carbocycles. The zero-order valence-corrected chi connectivity index (χ0v) is 18.7. The van der Waals surface area contributed by atoms with E-state index in [-0.39, 0.29) is 23.4 Å². The standard InChI is InChI=1S/C24H30N6O3/c1-2-3-13-8-19-21(28-9-13)20(23(26)33-19)24(32)29-17-10-27-7-6-18(17)30-11-15(14-4-5-14)22(31)16(25)12-30/h6-10,14-16,22,31H,2-5,11-12,25-26H2,1H3,(H,29,32)/t15-,16-,22-/m1/s1. The lowest BCUT2D eigenvalue weighted by Gasteiger charge is -2.42. The molecule has 4 heterocycles. The van der Waals surface area contributed by atoms with Crippen molar-refractivity contribution in [2.45, 2.75) is 44.8 Å². The molecule has 3 aromatic rings. The molecule has 2 fully saturated rings. The molecule has 9 heteroatoms. The molecule has 1 saturated heterocycles. The van der Waals surface area contributed by atoms with Gasteiger partial charge in [0, 0.05) is 37.4 Å². The SMILES string of the molecule is CCCc1cnc2c(C(=O)Nc3cnccc3N3C[C@@H](N)[C@H](O)[C@@H](C4CC4)C3)c(N)oc2c1. The minimum absolute atomic E-state index is 0.0333. The first-order chi connectivity index (χ1) is 16.0. The van der Waals surface area contributed by atoms with E-state index in [1.807, 2.05) is 12.1 Å². The van der Waals surface area contributed by atoms with E-state index in [4.69, 9.17) is 15.9 Å². The smallest absolute Gasteiger partial charge is 0.263 e. The molecular formula is C24H30N6O3. The number of pyridine rings is 2. The summed E-state index contributed by atoms with van der Waals surface area (Å²) < 4.78 is 5.65. The summed E-state index contributed by atoms with van der Waals surface area (Å²) in [4.78, 5) is 24.0. The van der Waals surface area contributed by atoms with Crippen LogP contribution in [0.25, 0.3) is 11.1 Å². The van der Waals surface area contributed by atoms with Crippen LogP contribution in [0.1, 0.15) is 42.1 Å². The van der Waals surface area contributed by atoms with E-state index >= 15 is 0 Å². The number of hydrogen-bond acceptors (Lipinski definition) is 8. The molecular weight excluding hydrogens is 420 g/mol. The van der Waals surface area contributed by atoms with E-state index in [0.717, 1.165) is 36.9 Å². The molecule has 0 radical (unpaired) electrons. The van der Waals surface area contributed by atoms with Crippen LogP contribution < -0.4 is 21.7 Å². The number of aromatic nitrogens is 2. The lowest BCUT2D eigenvalue weighted by molar-refractivity contribution is 0.0594. The van der Waals surface area contributed by atoms with Gasteiger partial charge in [-0.3, -0.25) is 14.8 Å². The Morgan fingerprint density at radius 1 is 1.33 bits per heavy atom. The van der Waals surface area contributed by atoms with E-state index in [0.29, 0.717) is 35.8 Å². The van der Waals surface area contributed by atoms with Gasteiger partial charge in [-0.2, -0.15) is 0 Å². The number of carbonyl (C=O) groups is 1. The van der Waals surface area contributed by atoms with Crippen molar-refractivity contribution in [2.75, 3.05) is 29.0 Å². The zero-order valence-electron chi connectivity index (χ0n) is 18.7. The summed E-state index contributed by atoms with van der Waals surface area (Å²) in [6.45, 7) is 3.27. The predicted octanol–water partition coefficient (Wildman–Crippen LogP) is 2.54. The number of aliphatic hydroxyl groups is 1. The minimum Gasteiger partial charge on any atom is -0.438 e. The van der Waals surface area contributed by atoms with Crippen molar-refractivity contribution >= 4 is 34.3 Å². The number of nitrogens with zero attached hydrogens (tertiary/aromatic N) is 3. The van der Waals surface area contributed by atoms with Crippen LogP contribution in [0.15, 0.2) is 35.1 Å². The Labute approximate surface area is 192 Å². The minimum atomic E-state index is -0.505. The van der Waals surface area contributed by atoms with Crippen molar-refractivity contribution in [3.63, 3.8) is 0 Å². The highest BCUT2D eigenvalue weighted by Gasteiger charge is 2.43. The Hall–Kier alpha value is -3.17. The Morgan fingerprint density at radius 3 is 2.91 bits per heavy atom. The summed E-state index contributed by atoms with van der Waals surface area (Å²) in [7, 11) is 0. The Balaban J connectivity index is 1.42. The maximum absolute atomic E-state index is 13.3. The number of fused-ring (bicyclic) bond motifs is 1. The zero-order chi connectivity index (χ0) is 23.1. The fourth-order valence-corrected chi connectivity index (χ4v) is 4.89. The molecule has 1 aliphatic heterocycles. The second kappa shape index (κ2) is 8.64. The van der Waals surface area contributed by atoms with Crippen molar-refractivity contribution in [3.05, 3.63) is 41.9 Å². The van der Waals surface area contributed by atoms with Crippen molar-refractivity contribution in [2.24, 2.45) is 17.6 Å². The van der Waals surface area contributed by atoms with Crippen molar-refractivity contribution in [1.82, 2.24) is 9.97 Å². The monoisotopic (exact) mass is 450 g/mol. The van der Waals surface area contributed by atoms with E-state index < -0.39 is 12.0 Å². The highest BCUT2D eigenvalue weighted by atomic mass is 16.3. The number of anilines is 3. The molecule has 174 valence electrons. The molecule has 1 amide bonds. The molecule has 33 heavy (non-hydrogen) atoms. The third kappa shape index (κ3) is 4.14. The molecule has 1 saturated carbocycles. The van der Waals surface area contributed by atoms with Gasteiger partial charge >= 0.3 is 0 Å². The molecule has 9 nitrogen and oxygen atoms in total. The van der Waals surface area contributed by atoms with Gasteiger partial charge in [0.25, 0.3) is 5.91 Å². The van der Waals surface area contributed by atoms with Gasteiger partial charge in [0.15, 0.2) is 5.58 Å². The molecule has 3 atom stereocenters. The van der Waals surface area contributed by atoms with Crippen LogP contribution in [0.5, 0.6) is 0 Å². The number of hydrogen-bond donors (Lipinski definition) is 4. The molecule has 3 aromatic heterocycles. The average Bonchev–Trinajstić information content (AvgIpc) is 3.58. The largest absolute Gasteiger partial charge is 0.438 e.